The highest BCUT2D eigenvalue weighted by Crippen LogP contribution is 2.30. The number of hydrogen-bond donors (Lipinski definition) is 0. The van der Waals surface area contributed by atoms with E-state index in [1.165, 1.54) is 4.90 Å². The first kappa shape index (κ1) is 14.0. The highest BCUT2D eigenvalue weighted by Gasteiger charge is 2.37. The Hall–Kier alpha value is -1.94. The molecule has 0 bridgehead atoms. The molecule has 0 radical (unpaired) electrons. The maximum absolute atomic E-state index is 12.6. The highest BCUT2D eigenvalue weighted by atomic mass is 79.9. The van der Waals surface area contributed by atoms with Gasteiger partial charge in [0.15, 0.2) is 0 Å². The van der Waals surface area contributed by atoms with Crippen molar-refractivity contribution < 1.29 is 9.59 Å². The van der Waals surface area contributed by atoms with E-state index in [1.807, 2.05) is 50.2 Å². The van der Waals surface area contributed by atoms with Crippen molar-refractivity contribution in [2.75, 3.05) is 0 Å². The summed E-state index contributed by atoms with van der Waals surface area (Å²) >= 11 is 3.46. The number of rotatable bonds is 2. The number of carbonyl (C=O) groups excluding carboxylic acids is 2. The Balaban J connectivity index is 2.03. The number of fused-ring (bicyclic) bond motifs is 1. The van der Waals surface area contributed by atoms with E-state index in [0.29, 0.717) is 11.1 Å². The molecule has 0 unspecified atom stereocenters. The minimum absolute atomic E-state index is 0.202. The largest absolute Gasteiger partial charge is 0.270 e. The fourth-order valence-electron chi connectivity index (χ4n) is 2.66. The monoisotopic (exact) mass is 343 g/mol. The Morgan fingerprint density at radius 2 is 1.43 bits per heavy atom. The second-order valence-electron chi connectivity index (χ2n) is 5.24. The van der Waals surface area contributed by atoms with Crippen LogP contribution in [0.5, 0.6) is 0 Å². The maximum atomic E-state index is 12.6. The number of amides is 2. The van der Waals surface area contributed by atoms with Crippen LogP contribution in [0.15, 0.2) is 40.9 Å². The average molecular weight is 344 g/mol. The SMILES string of the molecule is Cc1ccc(C)c2c1C(=O)N(Cc1ccccc1Br)C2=O. The molecule has 106 valence electrons. The van der Waals surface area contributed by atoms with Crippen LogP contribution in [0.1, 0.15) is 37.4 Å². The molecular weight excluding hydrogens is 330 g/mol. The second kappa shape index (κ2) is 5.11. The summed E-state index contributed by atoms with van der Waals surface area (Å²) in [7, 11) is 0. The highest BCUT2D eigenvalue weighted by molar-refractivity contribution is 9.10. The number of benzene rings is 2. The first-order valence-electron chi connectivity index (χ1n) is 6.70. The van der Waals surface area contributed by atoms with E-state index >= 15 is 0 Å². The van der Waals surface area contributed by atoms with Crippen molar-refractivity contribution in [3.8, 4) is 0 Å². The minimum atomic E-state index is -0.202. The van der Waals surface area contributed by atoms with Gasteiger partial charge < -0.3 is 0 Å². The summed E-state index contributed by atoms with van der Waals surface area (Å²) in [6.45, 7) is 4.02. The zero-order valence-electron chi connectivity index (χ0n) is 11.8. The topological polar surface area (TPSA) is 37.4 Å². The molecule has 3 nitrogen and oxygen atoms in total. The van der Waals surface area contributed by atoms with Crippen molar-refractivity contribution in [3.63, 3.8) is 0 Å². The lowest BCUT2D eigenvalue weighted by molar-refractivity contribution is 0.0641. The summed E-state index contributed by atoms with van der Waals surface area (Å²) in [5.41, 5.74) is 3.72. The van der Waals surface area contributed by atoms with Crippen molar-refractivity contribution in [3.05, 3.63) is 68.7 Å². The smallest absolute Gasteiger partial charge is 0.262 e. The maximum Gasteiger partial charge on any atom is 0.262 e. The summed E-state index contributed by atoms with van der Waals surface area (Å²) in [5.74, 6) is -0.404. The van der Waals surface area contributed by atoms with Gasteiger partial charge in [0.25, 0.3) is 11.8 Å². The molecular formula is C17H14BrNO2. The van der Waals surface area contributed by atoms with Gasteiger partial charge in [0.2, 0.25) is 0 Å². The van der Waals surface area contributed by atoms with Crippen LogP contribution >= 0.6 is 15.9 Å². The molecule has 0 saturated heterocycles. The predicted octanol–water partition coefficient (Wildman–Crippen LogP) is 3.86. The van der Waals surface area contributed by atoms with Crippen molar-refractivity contribution in [1.82, 2.24) is 4.90 Å². The number of carbonyl (C=O) groups is 2. The molecule has 0 spiro atoms. The van der Waals surface area contributed by atoms with Crippen molar-refractivity contribution >= 4 is 27.7 Å². The molecule has 21 heavy (non-hydrogen) atoms. The molecule has 0 N–H and O–H groups in total. The molecule has 0 aromatic heterocycles. The predicted molar refractivity (Wildman–Crippen MR) is 84.3 cm³/mol. The fourth-order valence-corrected chi connectivity index (χ4v) is 3.08. The number of aryl methyl sites for hydroxylation is 2. The lowest BCUT2D eigenvalue weighted by Gasteiger charge is -2.15. The lowest BCUT2D eigenvalue weighted by atomic mass is 9.99. The summed E-state index contributed by atoms with van der Waals surface area (Å²) in [6, 6.07) is 11.4. The van der Waals surface area contributed by atoms with Gasteiger partial charge >= 0.3 is 0 Å². The minimum Gasteiger partial charge on any atom is -0.270 e. The van der Waals surface area contributed by atoms with Crippen molar-refractivity contribution in [2.45, 2.75) is 20.4 Å². The summed E-state index contributed by atoms with van der Waals surface area (Å²) in [4.78, 5) is 26.5. The van der Waals surface area contributed by atoms with Crippen LogP contribution < -0.4 is 0 Å². The molecule has 2 aromatic carbocycles. The molecule has 0 fully saturated rings. The van der Waals surface area contributed by atoms with Crippen LogP contribution in [0.3, 0.4) is 0 Å². The van der Waals surface area contributed by atoms with E-state index in [0.717, 1.165) is 21.2 Å². The zero-order valence-corrected chi connectivity index (χ0v) is 13.4. The Labute approximate surface area is 131 Å². The first-order valence-corrected chi connectivity index (χ1v) is 7.50. The quantitative estimate of drug-likeness (QED) is 0.776. The van der Waals surface area contributed by atoms with Crippen LogP contribution in [0.25, 0.3) is 0 Å². The van der Waals surface area contributed by atoms with Crippen LogP contribution in [0.2, 0.25) is 0 Å². The summed E-state index contributed by atoms with van der Waals surface area (Å²) in [5, 5.41) is 0. The fraction of sp³-hybridized carbons (Fsp3) is 0.176. The third-order valence-corrected chi connectivity index (χ3v) is 4.60. The zero-order chi connectivity index (χ0) is 15.1. The molecule has 3 rings (SSSR count). The summed E-state index contributed by atoms with van der Waals surface area (Å²) < 4.78 is 0.898. The molecule has 0 saturated carbocycles. The average Bonchev–Trinajstić information content (AvgIpc) is 2.71. The molecule has 4 heteroatoms. The van der Waals surface area contributed by atoms with Gasteiger partial charge in [0.1, 0.15) is 0 Å². The van der Waals surface area contributed by atoms with E-state index in [-0.39, 0.29) is 18.4 Å². The Morgan fingerprint density at radius 3 is 1.95 bits per heavy atom. The lowest BCUT2D eigenvalue weighted by Crippen LogP contribution is -2.29. The summed E-state index contributed by atoms with van der Waals surface area (Å²) in [6.07, 6.45) is 0. The van der Waals surface area contributed by atoms with Crippen LogP contribution in [0, 0.1) is 13.8 Å². The van der Waals surface area contributed by atoms with Crippen LogP contribution in [0.4, 0.5) is 0 Å². The Bertz CT molecular complexity index is 726. The van der Waals surface area contributed by atoms with E-state index in [2.05, 4.69) is 15.9 Å². The molecule has 0 atom stereocenters. The standard InChI is InChI=1S/C17H14BrNO2/c1-10-7-8-11(2)15-14(10)16(20)19(17(15)21)9-12-5-3-4-6-13(12)18/h3-8H,9H2,1-2H3. The molecule has 2 amide bonds. The number of hydrogen-bond acceptors (Lipinski definition) is 2. The van der Waals surface area contributed by atoms with E-state index in [4.69, 9.17) is 0 Å². The Kier molecular flexibility index (Phi) is 3.41. The van der Waals surface area contributed by atoms with Gasteiger partial charge in [0, 0.05) is 4.47 Å². The number of nitrogens with zero attached hydrogens (tertiary/aromatic N) is 1. The van der Waals surface area contributed by atoms with E-state index < -0.39 is 0 Å². The van der Waals surface area contributed by atoms with Crippen LogP contribution in [-0.2, 0) is 6.54 Å². The molecule has 1 heterocycles. The molecule has 1 aliphatic rings. The van der Waals surface area contributed by atoms with Crippen molar-refractivity contribution in [1.29, 1.82) is 0 Å². The van der Waals surface area contributed by atoms with Gasteiger partial charge in [-0.2, -0.15) is 0 Å². The second-order valence-corrected chi connectivity index (χ2v) is 6.09. The van der Waals surface area contributed by atoms with Crippen LogP contribution in [-0.4, -0.2) is 16.7 Å². The first-order chi connectivity index (χ1) is 10.0. The van der Waals surface area contributed by atoms with Gasteiger partial charge in [-0.25, -0.2) is 0 Å². The molecule has 1 aliphatic heterocycles. The van der Waals surface area contributed by atoms with E-state index in [1.54, 1.807) is 0 Å². The van der Waals surface area contributed by atoms with Gasteiger partial charge in [0.05, 0.1) is 17.7 Å². The van der Waals surface area contributed by atoms with Gasteiger partial charge in [-0.05, 0) is 36.6 Å². The van der Waals surface area contributed by atoms with Gasteiger partial charge in [-0.15, -0.1) is 0 Å². The Morgan fingerprint density at radius 1 is 0.905 bits per heavy atom. The van der Waals surface area contributed by atoms with Gasteiger partial charge in [-0.1, -0.05) is 46.3 Å². The van der Waals surface area contributed by atoms with Gasteiger partial charge in [-0.3, -0.25) is 14.5 Å². The third-order valence-electron chi connectivity index (χ3n) is 3.83. The number of imide groups is 1. The van der Waals surface area contributed by atoms with Crippen molar-refractivity contribution in [2.24, 2.45) is 0 Å². The normalized spacial score (nSPS) is 13.8. The molecule has 0 aliphatic carbocycles. The van der Waals surface area contributed by atoms with E-state index in [9.17, 15) is 9.59 Å². The molecule has 2 aromatic rings. The number of halogens is 1. The third kappa shape index (κ3) is 2.20.